The lowest BCUT2D eigenvalue weighted by atomic mass is 9.65. The summed E-state index contributed by atoms with van der Waals surface area (Å²) in [6, 6.07) is 0. The van der Waals surface area contributed by atoms with Crippen LogP contribution in [0.25, 0.3) is 0 Å². The lowest BCUT2D eigenvalue weighted by Crippen LogP contribution is -2.50. The number of unbranched alkanes of at least 4 members (excludes halogenated alkanes) is 1. The quantitative estimate of drug-likeness (QED) is 0.761. The summed E-state index contributed by atoms with van der Waals surface area (Å²) in [6.07, 6.45) is 7.93. The van der Waals surface area contributed by atoms with Crippen molar-refractivity contribution in [1.82, 2.24) is 9.80 Å². The van der Waals surface area contributed by atoms with Crippen LogP contribution in [-0.4, -0.2) is 53.6 Å². The van der Waals surface area contributed by atoms with Crippen molar-refractivity contribution in [1.29, 1.82) is 0 Å². The molecule has 0 bridgehead atoms. The zero-order valence-electron chi connectivity index (χ0n) is 17.0. The number of likely N-dealkylation sites (tertiary alicyclic amines) is 1. The Morgan fingerprint density at radius 2 is 1.80 bits per heavy atom. The van der Waals surface area contributed by atoms with Gasteiger partial charge in [0.2, 0.25) is 5.91 Å². The van der Waals surface area contributed by atoms with E-state index in [-0.39, 0.29) is 16.9 Å². The largest absolute Gasteiger partial charge is 0.443 e. The highest BCUT2D eigenvalue weighted by atomic mass is 16.6. The van der Waals surface area contributed by atoms with Crippen LogP contribution in [0.2, 0.25) is 0 Å². The third kappa shape index (κ3) is 4.55. The van der Waals surface area contributed by atoms with Gasteiger partial charge in [-0.1, -0.05) is 19.8 Å². The first-order chi connectivity index (χ1) is 11.5. The van der Waals surface area contributed by atoms with Crippen molar-refractivity contribution in [3.8, 4) is 0 Å². The summed E-state index contributed by atoms with van der Waals surface area (Å²) >= 11 is 0. The van der Waals surface area contributed by atoms with Gasteiger partial charge in [-0.3, -0.25) is 4.79 Å². The summed E-state index contributed by atoms with van der Waals surface area (Å²) in [5, 5.41) is 0. The number of amides is 2. The van der Waals surface area contributed by atoms with E-state index in [9.17, 15) is 9.59 Å². The summed E-state index contributed by atoms with van der Waals surface area (Å²) < 4.78 is 5.42. The fourth-order valence-corrected chi connectivity index (χ4v) is 4.39. The van der Waals surface area contributed by atoms with Crippen molar-refractivity contribution in [2.24, 2.45) is 5.41 Å². The van der Waals surface area contributed by atoms with Crippen molar-refractivity contribution in [3.05, 3.63) is 0 Å². The van der Waals surface area contributed by atoms with Gasteiger partial charge in [-0.2, -0.15) is 0 Å². The Morgan fingerprint density at radius 3 is 2.28 bits per heavy atom. The molecule has 5 nitrogen and oxygen atoms in total. The molecular formula is C20H36N2O3. The van der Waals surface area contributed by atoms with Gasteiger partial charge < -0.3 is 9.64 Å². The number of hydrogen-bond donors (Lipinski definition) is 0. The molecule has 1 heterocycles. The molecule has 2 aliphatic rings. The first-order valence-electron chi connectivity index (χ1n) is 9.73. The highest BCUT2D eigenvalue weighted by Crippen LogP contribution is 2.50. The number of imide groups is 1. The van der Waals surface area contributed by atoms with Gasteiger partial charge in [-0.15, -0.1) is 0 Å². The van der Waals surface area contributed by atoms with Crippen molar-refractivity contribution in [3.63, 3.8) is 0 Å². The molecular weight excluding hydrogens is 316 g/mol. The average Bonchev–Trinajstić information content (AvgIpc) is 2.82. The van der Waals surface area contributed by atoms with Gasteiger partial charge in [0.15, 0.2) is 0 Å². The van der Waals surface area contributed by atoms with Crippen LogP contribution in [0.5, 0.6) is 0 Å². The molecule has 0 aromatic carbocycles. The Morgan fingerprint density at radius 1 is 1.20 bits per heavy atom. The van der Waals surface area contributed by atoms with Gasteiger partial charge >= 0.3 is 6.09 Å². The van der Waals surface area contributed by atoms with E-state index in [2.05, 4.69) is 25.9 Å². The van der Waals surface area contributed by atoms with Gasteiger partial charge in [0, 0.05) is 18.5 Å². The number of hydrogen-bond acceptors (Lipinski definition) is 4. The third-order valence-electron chi connectivity index (χ3n) is 6.12. The topological polar surface area (TPSA) is 49.9 Å². The Hall–Kier alpha value is -1.10. The maximum atomic E-state index is 12.5. The van der Waals surface area contributed by atoms with Crippen LogP contribution in [0, 0.1) is 5.41 Å². The molecule has 0 aromatic heterocycles. The Bertz CT molecular complexity index is 500. The highest BCUT2D eigenvalue weighted by molar-refractivity contribution is 5.94. The molecule has 144 valence electrons. The first-order valence-corrected chi connectivity index (χ1v) is 9.73. The second kappa shape index (κ2) is 7.26. The average molecular weight is 353 g/mol. The van der Waals surface area contributed by atoms with E-state index in [1.807, 2.05) is 20.8 Å². The molecule has 0 atom stereocenters. The third-order valence-corrected chi connectivity index (χ3v) is 6.12. The molecule has 0 unspecified atom stereocenters. The number of carbonyl (C=O) groups excluding carboxylic acids is 2. The second-order valence-electron chi connectivity index (χ2n) is 9.36. The Labute approximate surface area is 153 Å². The zero-order valence-corrected chi connectivity index (χ0v) is 17.0. The van der Waals surface area contributed by atoms with Gasteiger partial charge in [0.1, 0.15) is 5.60 Å². The number of nitrogens with zero attached hydrogens (tertiary/aromatic N) is 2. The SMILES string of the molecule is CCCCC1(N(C)C)CCC2(CC1)CC(=O)N(C(=O)OC(C)(C)C)C2. The molecule has 2 amide bonds. The predicted octanol–water partition coefficient (Wildman–Crippen LogP) is 4.20. The van der Waals surface area contributed by atoms with Gasteiger partial charge in [0.25, 0.3) is 0 Å². The monoisotopic (exact) mass is 352 g/mol. The molecule has 1 spiro atoms. The molecule has 0 radical (unpaired) electrons. The minimum absolute atomic E-state index is 0.0420. The van der Waals surface area contributed by atoms with Gasteiger partial charge in [-0.25, -0.2) is 9.69 Å². The normalized spacial score (nSPS) is 30.4. The smallest absolute Gasteiger partial charge is 0.417 e. The molecule has 1 saturated carbocycles. The number of carbonyl (C=O) groups is 2. The second-order valence-corrected chi connectivity index (χ2v) is 9.36. The van der Waals surface area contributed by atoms with Gasteiger partial charge in [-0.05, 0) is 72.4 Å². The molecule has 1 aliphatic heterocycles. The van der Waals surface area contributed by atoms with Crippen molar-refractivity contribution in [2.75, 3.05) is 20.6 Å². The van der Waals surface area contributed by atoms with Gasteiger partial charge in [0.05, 0.1) is 0 Å². The molecule has 5 heteroatoms. The Kier molecular flexibility index (Phi) is 5.87. The fraction of sp³-hybridized carbons (Fsp3) is 0.900. The van der Waals surface area contributed by atoms with E-state index in [0.717, 1.165) is 25.7 Å². The van der Waals surface area contributed by atoms with E-state index in [1.54, 1.807) is 0 Å². The zero-order chi connectivity index (χ0) is 18.9. The van der Waals surface area contributed by atoms with Crippen LogP contribution >= 0.6 is 0 Å². The van der Waals surface area contributed by atoms with Crippen molar-refractivity contribution in [2.45, 2.75) is 90.2 Å². The van der Waals surface area contributed by atoms with Crippen LogP contribution in [0.3, 0.4) is 0 Å². The maximum Gasteiger partial charge on any atom is 0.417 e. The van der Waals surface area contributed by atoms with Crippen LogP contribution < -0.4 is 0 Å². The van der Waals surface area contributed by atoms with Crippen LogP contribution in [-0.2, 0) is 9.53 Å². The number of ether oxygens (including phenoxy) is 1. The molecule has 1 saturated heterocycles. The summed E-state index contributed by atoms with van der Waals surface area (Å²) in [5.74, 6) is -0.0693. The van der Waals surface area contributed by atoms with E-state index >= 15 is 0 Å². The molecule has 2 rings (SSSR count). The van der Waals surface area contributed by atoms with E-state index < -0.39 is 11.7 Å². The Balaban J connectivity index is 2.03. The van der Waals surface area contributed by atoms with Crippen molar-refractivity contribution >= 4 is 12.0 Å². The molecule has 0 aromatic rings. The molecule has 25 heavy (non-hydrogen) atoms. The summed E-state index contributed by atoms with van der Waals surface area (Å²) in [4.78, 5) is 28.5. The van der Waals surface area contributed by atoms with Crippen LogP contribution in [0.15, 0.2) is 0 Å². The predicted molar refractivity (Wildman–Crippen MR) is 99.4 cm³/mol. The van der Waals surface area contributed by atoms with Crippen molar-refractivity contribution < 1.29 is 14.3 Å². The minimum Gasteiger partial charge on any atom is -0.443 e. The molecule has 2 fully saturated rings. The summed E-state index contributed by atoms with van der Waals surface area (Å²) in [7, 11) is 4.36. The first kappa shape index (κ1) is 20.2. The molecule has 0 N–H and O–H groups in total. The fourth-order valence-electron chi connectivity index (χ4n) is 4.39. The maximum absolute atomic E-state index is 12.5. The number of rotatable bonds is 4. The van der Waals surface area contributed by atoms with E-state index in [0.29, 0.717) is 13.0 Å². The summed E-state index contributed by atoms with van der Waals surface area (Å²) in [6.45, 7) is 8.27. The van der Waals surface area contributed by atoms with E-state index in [1.165, 1.54) is 24.2 Å². The summed E-state index contributed by atoms with van der Waals surface area (Å²) in [5.41, 5.74) is -0.358. The standard InChI is InChI=1S/C20H36N2O3/c1-7-8-9-20(21(5)6)12-10-19(11-13-20)14-16(23)22(15-19)17(24)25-18(2,3)4/h7-15H2,1-6H3. The van der Waals surface area contributed by atoms with Crippen LogP contribution in [0.1, 0.15) is 79.1 Å². The lowest BCUT2D eigenvalue weighted by Gasteiger charge is -2.48. The van der Waals surface area contributed by atoms with E-state index in [4.69, 9.17) is 4.74 Å². The molecule has 1 aliphatic carbocycles. The van der Waals surface area contributed by atoms with Crippen LogP contribution in [0.4, 0.5) is 4.79 Å². The lowest BCUT2D eigenvalue weighted by molar-refractivity contribution is -0.127. The highest BCUT2D eigenvalue weighted by Gasteiger charge is 2.51. The minimum atomic E-state index is -0.570.